The molecule has 1 aromatic carbocycles. The molecule has 1 unspecified atom stereocenters. The van der Waals surface area contributed by atoms with Gasteiger partial charge in [0.25, 0.3) is 0 Å². The second-order valence-corrected chi connectivity index (χ2v) is 5.34. The number of rotatable bonds is 4. The Morgan fingerprint density at radius 3 is 2.53 bits per heavy atom. The molecule has 0 fully saturated rings. The Morgan fingerprint density at radius 2 is 1.88 bits per heavy atom. The summed E-state index contributed by atoms with van der Waals surface area (Å²) in [4.78, 5) is 0. The smallest absolute Gasteiger partial charge is 0.0406 e. The minimum atomic E-state index is 0.237. The summed E-state index contributed by atoms with van der Waals surface area (Å²) in [5, 5.41) is 0.789. The molecule has 0 heterocycles. The van der Waals surface area contributed by atoms with Crippen LogP contribution in [0.1, 0.15) is 37.7 Å². The van der Waals surface area contributed by atoms with Gasteiger partial charge in [0, 0.05) is 11.1 Å². The van der Waals surface area contributed by atoms with Crippen LogP contribution in [0.15, 0.2) is 35.9 Å². The Balaban J connectivity index is 1.86. The highest BCUT2D eigenvalue weighted by molar-refractivity contribution is 6.30. The zero-order valence-corrected chi connectivity index (χ0v) is 10.9. The molecule has 1 aliphatic rings. The molecule has 1 aromatic rings. The van der Waals surface area contributed by atoms with Crippen LogP contribution in [0.4, 0.5) is 0 Å². The van der Waals surface area contributed by atoms with Crippen LogP contribution < -0.4 is 5.73 Å². The van der Waals surface area contributed by atoms with E-state index in [2.05, 4.69) is 18.2 Å². The van der Waals surface area contributed by atoms with Gasteiger partial charge in [-0.2, -0.15) is 0 Å². The van der Waals surface area contributed by atoms with E-state index in [1.165, 1.54) is 31.2 Å². The fourth-order valence-corrected chi connectivity index (χ4v) is 2.55. The molecular weight excluding hydrogens is 230 g/mol. The highest BCUT2D eigenvalue weighted by atomic mass is 35.5. The first-order chi connectivity index (χ1) is 8.24. The highest BCUT2D eigenvalue weighted by Crippen LogP contribution is 2.22. The average molecular weight is 250 g/mol. The van der Waals surface area contributed by atoms with Gasteiger partial charge in [0.05, 0.1) is 0 Å². The Kier molecular flexibility index (Phi) is 4.64. The molecule has 92 valence electrons. The van der Waals surface area contributed by atoms with E-state index in [1.807, 2.05) is 12.1 Å². The first-order valence-corrected chi connectivity index (χ1v) is 6.80. The van der Waals surface area contributed by atoms with Crippen LogP contribution >= 0.6 is 11.6 Å². The van der Waals surface area contributed by atoms with E-state index in [0.717, 1.165) is 17.9 Å². The van der Waals surface area contributed by atoms with E-state index >= 15 is 0 Å². The molecule has 0 saturated carbocycles. The lowest BCUT2D eigenvalue weighted by Gasteiger charge is -2.17. The maximum Gasteiger partial charge on any atom is 0.0406 e. The molecule has 0 amide bonds. The minimum absolute atomic E-state index is 0.237. The third kappa shape index (κ3) is 4.18. The standard InChI is InChI=1S/C15H20ClN/c16-14-8-6-13(7-9-14)11-15(17)10-12-4-2-1-3-5-12/h4,6-9,15H,1-3,5,10-11,17H2. The third-order valence-corrected chi connectivity index (χ3v) is 3.57. The molecule has 2 heteroatoms. The molecule has 1 atom stereocenters. The number of benzene rings is 1. The van der Waals surface area contributed by atoms with Crippen molar-refractivity contribution in [1.29, 1.82) is 0 Å². The largest absolute Gasteiger partial charge is 0.327 e. The van der Waals surface area contributed by atoms with Crippen molar-refractivity contribution in [2.24, 2.45) is 5.73 Å². The average Bonchev–Trinajstić information content (AvgIpc) is 2.33. The van der Waals surface area contributed by atoms with Crippen LogP contribution in [0.2, 0.25) is 5.02 Å². The van der Waals surface area contributed by atoms with Crippen LogP contribution in [-0.4, -0.2) is 6.04 Å². The van der Waals surface area contributed by atoms with Gasteiger partial charge < -0.3 is 5.73 Å². The first-order valence-electron chi connectivity index (χ1n) is 6.42. The second-order valence-electron chi connectivity index (χ2n) is 4.90. The van der Waals surface area contributed by atoms with E-state index < -0.39 is 0 Å². The summed E-state index contributed by atoms with van der Waals surface area (Å²) >= 11 is 5.86. The predicted molar refractivity (Wildman–Crippen MR) is 74.3 cm³/mol. The Labute approximate surface area is 109 Å². The van der Waals surface area contributed by atoms with Gasteiger partial charge in [-0.25, -0.2) is 0 Å². The zero-order valence-electron chi connectivity index (χ0n) is 10.2. The van der Waals surface area contributed by atoms with Crippen molar-refractivity contribution in [2.45, 2.75) is 44.6 Å². The van der Waals surface area contributed by atoms with Crippen LogP contribution in [0, 0.1) is 0 Å². The Morgan fingerprint density at radius 1 is 1.12 bits per heavy atom. The van der Waals surface area contributed by atoms with Crippen LogP contribution in [0.25, 0.3) is 0 Å². The van der Waals surface area contributed by atoms with Gasteiger partial charge in [-0.3, -0.25) is 0 Å². The first kappa shape index (κ1) is 12.7. The van der Waals surface area contributed by atoms with E-state index in [-0.39, 0.29) is 6.04 Å². The van der Waals surface area contributed by atoms with Gasteiger partial charge >= 0.3 is 0 Å². The van der Waals surface area contributed by atoms with Crippen LogP contribution in [0.3, 0.4) is 0 Å². The molecule has 1 aliphatic carbocycles. The molecule has 17 heavy (non-hydrogen) atoms. The molecule has 2 rings (SSSR count). The van der Waals surface area contributed by atoms with Crippen molar-refractivity contribution in [3.8, 4) is 0 Å². The van der Waals surface area contributed by atoms with E-state index in [4.69, 9.17) is 17.3 Å². The quantitative estimate of drug-likeness (QED) is 0.799. The van der Waals surface area contributed by atoms with Crippen molar-refractivity contribution >= 4 is 11.6 Å². The van der Waals surface area contributed by atoms with E-state index in [0.29, 0.717) is 0 Å². The van der Waals surface area contributed by atoms with Gasteiger partial charge in [-0.05, 0) is 56.2 Å². The number of halogens is 1. The number of nitrogens with two attached hydrogens (primary N) is 1. The van der Waals surface area contributed by atoms with Crippen molar-refractivity contribution in [1.82, 2.24) is 0 Å². The lowest BCUT2D eigenvalue weighted by Crippen LogP contribution is -2.23. The fraction of sp³-hybridized carbons (Fsp3) is 0.467. The van der Waals surface area contributed by atoms with Crippen LogP contribution in [-0.2, 0) is 6.42 Å². The SMILES string of the molecule is NC(CC1=CCCCC1)Cc1ccc(Cl)cc1. The maximum absolute atomic E-state index is 6.20. The van der Waals surface area contributed by atoms with Gasteiger partial charge in [0.2, 0.25) is 0 Å². The number of hydrogen-bond acceptors (Lipinski definition) is 1. The fourth-order valence-electron chi connectivity index (χ4n) is 2.42. The van der Waals surface area contributed by atoms with Gasteiger partial charge in [-0.1, -0.05) is 35.4 Å². The Hall–Kier alpha value is -0.790. The number of allylic oxidation sites excluding steroid dienone is 1. The monoisotopic (exact) mass is 249 g/mol. The normalized spacial score (nSPS) is 17.6. The molecule has 0 aromatic heterocycles. The maximum atomic E-state index is 6.20. The second kappa shape index (κ2) is 6.23. The topological polar surface area (TPSA) is 26.0 Å². The molecule has 0 radical (unpaired) electrons. The molecule has 0 aliphatic heterocycles. The summed E-state index contributed by atoms with van der Waals surface area (Å²) in [5.74, 6) is 0. The lowest BCUT2D eigenvalue weighted by atomic mass is 9.92. The molecule has 0 saturated heterocycles. The van der Waals surface area contributed by atoms with Crippen molar-refractivity contribution < 1.29 is 0 Å². The van der Waals surface area contributed by atoms with Crippen LogP contribution in [0.5, 0.6) is 0 Å². The predicted octanol–water partition coefficient (Wildman–Crippen LogP) is 4.10. The van der Waals surface area contributed by atoms with E-state index in [9.17, 15) is 0 Å². The Bertz CT molecular complexity index is 380. The van der Waals surface area contributed by atoms with Crippen molar-refractivity contribution in [2.75, 3.05) is 0 Å². The van der Waals surface area contributed by atoms with Gasteiger partial charge in [0.15, 0.2) is 0 Å². The lowest BCUT2D eigenvalue weighted by molar-refractivity contribution is 0.606. The summed E-state index contributed by atoms with van der Waals surface area (Å²) in [7, 11) is 0. The highest BCUT2D eigenvalue weighted by Gasteiger charge is 2.09. The summed E-state index contributed by atoms with van der Waals surface area (Å²) < 4.78 is 0. The van der Waals surface area contributed by atoms with Crippen molar-refractivity contribution in [3.63, 3.8) is 0 Å². The van der Waals surface area contributed by atoms with Gasteiger partial charge in [-0.15, -0.1) is 0 Å². The number of hydrogen-bond donors (Lipinski definition) is 1. The molecule has 1 nitrogen and oxygen atoms in total. The zero-order chi connectivity index (χ0) is 12.1. The molecular formula is C15H20ClN. The summed E-state index contributed by atoms with van der Waals surface area (Å²) in [6.07, 6.45) is 9.52. The van der Waals surface area contributed by atoms with E-state index in [1.54, 1.807) is 5.57 Å². The third-order valence-electron chi connectivity index (χ3n) is 3.32. The summed E-state index contributed by atoms with van der Waals surface area (Å²) in [5.41, 5.74) is 9.03. The minimum Gasteiger partial charge on any atom is -0.327 e. The summed E-state index contributed by atoms with van der Waals surface area (Å²) in [6, 6.07) is 8.24. The van der Waals surface area contributed by atoms with Gasteiger partial charge in [0.1, 0.15) is 0 Å². The molecule has 0 spiro atoms. The van der Waals surface area contributed by atoms with Crippen molar-refractivity contribution in [3.05, 3.63) is 46.5 Å². The molecule has 0 bridgehead atoms. The summed E-state index contributed by atoms with van der Waals surface area (Å²) in [6.45, 7) is 0. The molecule has 2 N–H and O–H groups in total.